The predicted molar refractivity (Wildman–Crippen MR) is 65.4 cm³/mol. The van der Waals surface area contributed by atoms with Gasteiger partial charge in [0.2, 0.25) is 0 Å². The van der Waals surface area contributed by atoms with Crippen molar-refractivity contribution in [2.75, 3.05) is 13.2 Å². The topological polar surface area (TPSA) is 29.5 Å². The molecule has 1 unspecified atom stereocenters. The van der Waals surface area contributed by atoms with E-state index >= 15 is 0 Å². The minimum Gasteiger partial charge on any atom is -0.386 e. The van der Waals surface area contributed by atoms with E-state index in [2.05, 4.69) is 0 Å². The molecule has 0 saturated heterocycles. The van der Waals surface area contributed by atoms with E-state index in [1.165, 1.54) is 0 Å². The third kappa shape index (κ3) is 2.23. The van der Waals surface area contributed by atoms with Gasteiger partial charge in [0, 0.05) is 6.61 Å². The van der Waals surface area contributed by atoms with E-state index in [-0.39, 0.29) is 0 Å². The van der Waals surface area contributed by atoms with Crippen molar-refractivity contribution in [1.29, 1.82) is 0 Å². The number of aliphatic hydroxyl groups is 1. The van der Waals surface area contributed by atoms with Gasteiger partial charge in [0.1, 0.15) is 6.10 Å². The number of rotatable bonds is 4. The van der Waals surface area contributed by atoms with Gasteiger partial charge in [0.05, 0.1) is 6.61 Å². The van der Waals surface area contributed by atoms with E-state index in [1.54, 1.807) is 0 Å². The molecular formula is C14H16O2. The summed E-state index contributed by atoms with van der Waals surface area (Å²) in [6.45, 7) is 2.90. The van der Waals surface area contributed by atoms with E-state index in [4.69, 9.17) is 4.74 Å². The summed E-state index contributed by atoms with van der Waals surface area (Å²) in [5.41, 5.74) is 0.937. The second kappa shape index (κ2) is 5.10. The van der Waals surface area contributed by atoms with Crippen molar-refractivity contribution in [1.82, 2.24) is 0 Å². The van der Waals surface area contributed by atoms with Crippen LogP contribution in [0, 0.1) is 0 Å². The van der Waals surface area contributed by atoms with E-state index in [9.17, 15) is 5.11 Å². The van der Waals surface area contributed by atoms with Crippen molar-refractivity contribution >= 4 is 10.8 Å². The maximum Gasteiger partial charge on any atom is 0.103 e. The second-order valence-electron chi connectivity index (χ2n) is 3.74. The van der Waals surface area contributed by atoms with Crippen LogP contribution in [0.3, 0.4) is 0 Å². The fourth-order valence-corrected chi connectivity index (χ4v) is 1.86. The maximum absolute atomic E-state index is 10.0. The standard InChI is InChI=1S/C14H16O2/c1-2-16-10-14(15)13-9-5-7-11-6-3-4-8-12(11)13/h3-9,14-15H,2,10H2,1H3. The van der Waals surface area contributed by atoms with Crippen LogP contribution in [0.2, 0.25) is 0 Å². The first-order chi connectivity index (χ1) is 7.83. The van der Waals surface area contributed by atoms with Gasteiger partial charge in [-0.3, -0.25) is 0 Å². The number of hydrogen-bond donors (Lipinski definition) is 1. The van der Waals surface area contributed by atoms with E-state index in [0.29, 0.717) is 13.2 Å². The second-order valence-corrected chi connectivity index (χ2v) is 3.74. The Kier molecular flexibility index (Phi) is 3.54. The molecule has 84 valence electrons. The van der Waals surface area contributed by atoms with Gasteiger partial charge in [-0.2, -0.15) is 0 Å². The highest BCUT2D eigenvalue weighted by Crippen LogP contribution is 2.24. The van der Waals surface area contributed by atoms with Crippen LogP contribution in [-0.2, 0) is 4.74 Å². The monoisotopic (exact) mass is 216 g/mol. The molecule has 0 amide bonds. The van der Waals surface area contributed by atoms with Crippen LogP contribution in [0.4, 0.5) is 0 Å². The van der Waals surface area contributed by atoms with E-state index in [0.717, 1.165) is 16.3 Å². The summed E-state index contributed by atoms with van der Waals surface area (Å²) in [5, 5.41) is 12.3. The van der Waals surface area contributed by atoms with Gasteiger partial charge >= 0.3 is 0 Å². The smallest absolute Gasteiger partial charge is 0.103 e. The van der Waals surface area contributed by atoms with Crippen molar-refractivity contribution < 1.29 is 9.84 Å². The molecule has 0 spiro atoms. The molecule has 0 radical (unpaired) electrons. The third-order valence-corrected chi connectivity index (χ3v) is 2.66. The molecule has 2 heteroatoms. The zero-order chi connectivity index (χ0) is 11.4. The average molecular weight is 216 g/mol. The fourth-order valence-electron chi connectivity index (χ4n) is 1.86. The van der Waals surface area contributed by atoms with E-state index < -0.39 is 6.10 Å². The molecule has 0 aromatic heterocycles. The first kappa shape index (κ1) is 11.1. The summed E-state index contributed by atoms with van der Waals surface area (Å²) >= 11 is 0. The number of ether oxygens (including phenoxy) is 1. The first-order valence-electron chi connectivity index (χ1n) is 5.56. The SMILES string of the molecule is CCOCC(O)c1cccc2ccccc12. The fraction of sp³-hybridized carbons (Fsp3) is 0.286. The van der Waals surface area contributed by atoms with Gasteiger partial charge in [0.25, 0.3) is 0 Å². The quantitative estimate of drug-likeness (QED) is 0.851. The van der Waals surface area contributed by atoms with Gasteiger partial charge in [-0.1, -0.05) is 42.5 Å². The number of aliphatic hydroxyl groups excluding tert-OH is 1. The summed E-state index contributed by atoms with van der Waals surface area (Å²) in [6, 6.07) is 14.0. The Labute approximate surface area is 95.5 Å². The lowest BCUT2D eigenvalue weighted by Crippen LogP contribution is -2.07. The molecule has 1 N–H and O–H groups in total. The minimum absolute atomic E-state index is 0.352. The Bertz CT molecular complexity index is 460. The minimum atomic E-state index is -0.550. The van der Waals surface area contributed by atoms with Crippen LogP contribution < -0.4 is 0 Å². The largest absolute Gasteiger partial charge is 0.386 e. The number of benzene rings is 2. The van der Waals surface area contributed by atoms with Crippen LogP contribution in [0.25, 0.3) is 10.8 Å². The van der Waals surface area contributed by atoms with Crippen LogP contribution in [0.15, 0.2) is 42.5 Å². The lowest BCUT2D eigenvalue weighted by Gasteiger charge is -2.13. The molecule has 0 aliphatic carbocycles. The van der Waals surface area contributed by atoms with Gasteiger partial charge in [-0.05, 0) is 23.3 Å². The molecule has 0 fully saturated rings. The molecule has 2 nitrogen and oxygen atoms in total. The zero-order valence-electron chi connectivity index (χ0n) is 9.39. The van der Waals surface area contributed by atoms with Gasteiger partial charge in [-0.15, -0.1) is 0 Å². The van der Waals surface area contributed by atoms with Crippen molar-refractivity contribution in [3.8, 4) is 0 Å². The average Bonchev–Trinajstić information content (AvgIpc) is 2.35. The molecule has 2 aromatic carbocycles. The summed E-state index contributed by atoms with van der Waals surface area (Å²) in [6.07, 6.45) is -0.550. The lowest BCUT2D eigenvalue weighted by atomic mass is 10.0. The van der Waals surface area contributed by atoms with Gasteiger partial charge in [0.15, 0.2) is 0 Å². The third-order valence-electron chi connectivity index (χ3n) is 2.66. The molecule has 2 rings (SSSR count). The highest BCUT2D eigenvalue weighted by Gasteiger charge is 2.10. The summed E-state index contributed by atoms with van der Waals surface area (Å²) < 4.78 is 5.25. The van der Waals surface area contributed by atoms with Gasteiger partial charge < -0.3 is 9.84 Å². The Hall–Kier alpha value is -1.38. The van der Waals surface area contributed by atoms with E-state index in [1.807, 2.05) is 49.4 Å². The maximum atomic E-state index is 10.0. The highest BCUT2D eigenvalue weighted by atomic mass is 16.5. The number of fused-ring (bicyclic) bond motifs is 1. The first-order valence-corrected chi connectivity index (χ1v) is 5.56. The molecule has 2 aromatic rings. The van der Waals surface area contributed by atoms with Crippen LogP contribution >= 0.6 is 0 Å². The van der Waals surface area contributed by atoms with Crippen LogP contribution in [0.1, 0.15) is 18.6 Å². The normalized spacial score (nSPS) is 12.9. The lowest BCUT2D eigenvalue weighted by molar-refractivity contribution is 0.0428. The molecule has 0 bridgehead atoms. The molecule has 0 aliphatic rings. The Balaban J connectivity index is 2.36. The zero-order valence-corrected chi connectivity index (χ0v) is 9.39. The molecule has 0 aliphatic heterocycles. The summed E-state index contributed by atoms with van der Waals surface area (Å²) in [5.74, 6) is 0. The highest BCUT2D eigenvalue weighted by molar-refractivity contribution is 5.85. The molecule has 0 heterocycles. The molecule has 0 saturated carbocycles. The molecule has 16 heavy (non-hydrogen) atoms. The van der Waals surface area contributed by atoms with Crippen LogP contribution in [0.5, 0.6) is 0 Å². The predicted octanol–water partition coefficient (Wildman–Crippen LogP) is 2.91. The molecule has 1 atom stereocenters. The van der Waals surface area contributed by atoms with Crippen LogP contribution in [-0.4, -0.2) is 18.3 Å². The van der Waals surface area contributed by atoms with Crippen molar-refractivity contribution in [3.63, 3.8) is 0 Å². The Morgan fingerprint density at radius 3 is 2.69 bits per heavy atom. The summed E-state index contributed by atoms with van der Waals surface area (Å²) in [7, 11) is 0. The number of hydrogen-bond acceptors (Lipinski definition) is 2. The van der Waals surface area contributed by atoms with Crippen molar-refractivity contribution in [3.05, 3.63) is 48.0 Å². The summed E-state index contributed by atoms with van der Waals surface area (Å²) in [4.78, 5) is 0. The van der Waals surface area contributed by atoms with Crippen molar-refractivity contribution in [2.45, 2.75) is 13.0 Å². The van der Waals surface area contributed by atoms with Crippen molar-refractivity contribution in [2.24, 2.45) is 0 Å². The Morgan fingerprint density at radius 1 is 1.12 bits per heavy atom. The molecular weight excluding hydrogens is 200 g/mol. The van der Waals surface area contributed by atoms with Gasteiger partial charge in [-0.25, -0.2) is 0 Å². The Morgan fingerprint density at radius 2 is 1.88 bits per heavy atom.